The molecule has 1 aliphatic rings. The minimum Gasteiger partial charge on any atom is -0.386 e. The van der Waals surface area contributed by atoms with Crippen LogP contribution in [-0.4, -0.2) is 17.8 Å². The predicted octanol–water partition coefficient (Wildman–Crippen LogP) is 3.62. The van der Waals surface area contributed by atoms with Gasteiger partial charge in [-0.3, -0.25) is 0 Å². The van der Waals surface area contributed by atoms with Crippen molar-refractivity contribution < 1.29 is 9.84 Å². The van der Waals surface area contributed by atoms with Crippen molar-refractivity contribution in [3.8, 4) is 0 Å². The van der Waals surface area contributed by atoms with E-state index in [0.717, 1.165) is 12.0 Å². The maximum absolute atomic E-state index is 10.1. The van der Waals surface area contributed by atoms with Gasteiger partial charge in [-0.15, -0.1) is 0 Å². The van der Waals surface area contributed by atoms with E-state index >= 15 is 0 Å². The van der Waals surface area contributed by atoms with Crippen LogP contribution in [0.25, 0.3) is 0 Å². The topological polar surface area (TPSA) is 29.5 Å². The molecule has 1 fully saturated rings. The number of hydrogen-bond donors (Lipinski definition) is 1. The molecular formula is C16H24O2. The summed E-state index contributed by atoms with van der Waals surface area (Å²) in [6, 6.07) is 8.02. The summed E-state index contributed by atoms with van der Waals surface area (Å²) in [5, 5.41) is 10.1. The molecule has 0 amide bonds. The summed E-state index contributed by atoms with van der Waals surface area (Å²) in [5.74, 6) is 0.629. The van der Waals surface area contributed by atoms with Crippen LogP contribution in [0.3, 0.4) is 0 Å². The summed E-state index contributed by atoms with van der Waals surface area (Å²) < 4.78 is 5.89. The fourth-order valence-corrected chi connectivity index (χ4v) is 2.63. The zero-order valence-corrected chi connectivity index (χ0v) is 11.4. The maximum atomic E-state index is 10.1. The van der Waals surface area contributed by atoms with E-state index < -0.39 is 6.10 Å². The first-order chi connectivity index (χ1) is 8.66. The van der Waals surface area contributed by atoms with Gasteiger partial charge in [-0.05, 0) is 31.2 Å². The van der Waals surface area contributed by atoms with Crippen LogP contribution in [0.15, 0.2) is 24.3 Å². The number of benzene rings is 1. The highest BCUT2D eigenvalue weighted by Gasteiger charge is 2.22. The molecule has 0 bridgehead atoms. The minimum atomic E-state index is -0.500. The molecule has 1 aromatic rings. The Labute approximate surface area is 110 Å². The van der Waals surface area contributed by atoms with Crippen molar-refractivity contribution >= 4 is 0 Å². The fraction of sp³-hybridized carbons (Fsp3) is 0.625. The molecule has 0 aromatic heterocycles. The SMILES string of the molecule is Cc1ccc(C(O)COC2CCCCC2C)cc1. The lowest BCUT2D eigenvalue weighted by molar-refractivity contribution is -0.0467. The summed E-state index contributed by atoms with van der Waals surface area (Å²) in [6.45, 7) is 4.72. The first-order valence-corrected chi connectivity index (χ1v) is 7.03. The van der Waals surface area contributed by atoms with Crippen molar-refractivity contribution in [3.05, 3.63) is 35.4 Å². The highest BCUT2D eigenvalue weighted by molar-refractivity contribution is 5.23. The Hall–Kier alpha value is -0.860. The van der Waals surface area contributed by atoms with Crippen molar-refractivity contribution in [3.63, 3.8) is 0 Å². The molecule has 1 saturated carbocycles. The molecule has 2 nitrogen and oxygen atoms in total. The second kappa shape index (κ2) is 6.35. The van der Waals surface area contributed by atoms with Crippen molar-refractivity contribution in [1.29, 1.82) is 0 Å². The Balaban J connectivity index is 1.83. The smallest absolute Gasteiger partial charge is 0.102 e. The Morgan fingerprint density at radius 3 is 2.56 bits per heavy atom. The van der Waals surface area contributed by atoms with Gasteiger partial charge in [0.25, 0.3) is 0 Å². The Morgan fingerprint density at radius 2 is 1.89 bits per heavy atom. The molecule has 0 heterocycles. The standard InChI is InChI=1S/C16H24O2/c1-12-7-9-14(10-8-12)15(17)11-18-16-6-4-3-5-13(16)2/h7-10,13,15-17H,3-6,11H2,1-2H3. The molecule has 0 spiro atoms. The quantitative estimate of drug-likeness (QED) is 0.881. The highest BCUT2D eigenvalue weighted by Crippen LogP contribution is 2.27. The van der Waals surface area contributed by atoms with E-state index in [4.69, 9.17) is 4.74 Å². The first kappa shape index (κ1) is 13.6. The summed E-state index contributed by atoms with van der Waals surface area (Å²) in [6.07, 6.45) is 4.81. The number of rotatable bonds is 4. The largest absolute Gasteiger partial charge is 0.386 e. The van der Waals surface area contributed by atoms with Crippen LogP contribution < -0.4 is 0 Å². The normalized spacial score (nSPS) is 25.9. The van der Waals surface area contributed by atoms with E-state index in [2.05, 4.69) is 13.8 Å². The second-order valence-corrected chi connectivity index (χ2v) is 5.56. The molecule has 2 heteroatoms. The van der Waals surface area contributed by atoms with Gasteiger partial charge >= 0.3 is 0 Å². The Bertz CT molecular complexity index is 358. The lowest BCUT2D eigenvalue weighted by Gasteiger charge is -2.29. The molecule has 0 radical (unpaired) electrons. The lowest BCUT2D eigenvalue weighted by Crippen LogP contribution is -2.27. The number of aliphatic hydroxyl groups is 1. The third-order valence-corrected chi connectivity index (χ3v) is 3.96. The van der Waals surface area contributed by atoms with Crippen LogP contribution in [0.1, 0.15) is 49.8 Å². The van der Waals surface area contributed by atoms with Gasteiger partial charge in [-0.1, -0.05) is 49.6 Å². The average Bonchev–Trinajstić information content (AvgIpc) is 2.38. The minimum absolute atomic E-state index is 0.332. The molecule has 1 aliphatic carbocycles. The van der Waals surface area contributed by atoms with Gasteiger partial charge in [0.2, 0.25) is 0 Å². The van der Waals surface area contributed by atoms with Crippen LogP contribution in [0.4, 0.5) is 0 Å². The highest BCUT2D eigenvalue weighted by atomic mass is 16.5. The van der Waals surface area contributed by atoms with E-state index in [9.17, 15) is 5.11 Å². The van der Waals surface area contributed by atoms with Gasteiger partial charge in [0.1, 0.15) is 6.10 Å². The van der Waals surface area contributed by atoms with Gasteiger partial charge in [-0.2, -0.15) is 0 Å². The van der Waals surface area contributed by atoms with Crippen molar-refractivity contribution in [1.82, 2.24) is 0 Å². The van der Waals surface area contributed by atoms with Gasteiger partial charge in [-0.25, -0.2) is 0 Å². The van der Waals surface area contributed by atoms with Crippen LogP contribution in [0, 0.1) is 12.8 Å². The van der Waals surface area contributed by atoms with Crippen LogP contribution in [-0.2, 0) is 4.74 Å². The fourth-order valence-electron chi connectivity index (χ4n) is 2.63. The first-order valence-electron chi connectivity index (χ1n) is 7.03. The summed E-state index contributed by atoms with van der Waals surface area (Å²) in [4.78, 5) is 0. The second-order valence-electron chi connectivity index (χ2n) is 5.56. The average molecular weight is 248 g/mol. The molecule has 0 saturated heterocycles. The van der Waals surface area contributed by atoms with Gasteiger partial charge in [0, 0.05) is 0 Å². The molecule has 0 aliphatic heterocycles. The van der Waals surface area contributed by atoms with Gasteiger partial charge < -0.3 is 9.84 Å². The predicted molar refractivity (Wildman–Crippen MR) is 73.5 cm³/mol. The van der Waals surface area contributed by atoms with E-state index in [1.54, 1.807) is 0 Å². The Kier molecular flexibility index (Phi) is 4.79. The molecule has 18 heavy (non-hydrogen) atoms. The van der Waals surface area contributed by atoms with Crippen molar-refractivity contribution in [2.45, 2.75) is 51.7 Å². The molecule has 2 rings (SSSR count). The number of aliphatic hydroxyl groups excluding tert-OH is 1. The van der Waals surface area contributed by atoms with Crippen molar-refractivity contribution in [2.24, 2.45) is 5.92 Å². The van der Waals surface area contributed by atoms with Crippen LogP contribution in [0.5, 0.6) is 0 Å². The summed E-state index contributed by atoms with van der Waals surface area (Å²) in [7, 11) is 0. The Morgan fingerprint density at radius 1 is 1.22 bits per heavy atom. The van der Waals surface area contributed by atoms with Gasteiger partial charge in [0.05, 0.1) is 12.7 Å². The van der Waals surface area contributed by atoms with Crippen LogP contribution >= 0.6 is 0 Å². The zero-order chi connectivity index (χ0) is 13.0. The number of hydrogen-bond acceptors (Lipinski definition) is 2. The summed E-state index contributed by atoms with van der Waals surface area (Å²) in [5.41, 5.74) is 2.16. The van der Waals surface area contributed by atoms with Crippen molar-refractivity contribution in [2.75, 3.05) is 6.61 Å². The zero-order valence-electron chi connectivity index (χ0n) is 11.4. The van der Waals surface area contributed by atoms with E-state index in [1.165, 1.54) is 24.8 Å². The number of ether oxygens (including phenoxy) is 1. The monoisotopic (exact) mass is 248 g/mol. The van der Waals surface area contributed by atoms with E-state index in [-0.39, 0.29) is 0 Å². The van der Waals surface area contributed by atoms with E-state index in [0.29, 0.717) is 18.6 Å². The van der Waals surface area contributed by atoms with Gasteiger partial charge in [0.15, 0.2) is 0 Å². The molecule has 1 N–H and O–H groups in total. The lowest BCUT2D eigenvalue weighted by atomic mass is 9.88. The molecule has 100 valence electrons. The molecule has 3 unspecified atom stereocenters. The third-order valence-electron chi connectivity index (χ3n) is 3.96. The van der Waals surface area contributed by atoms with E-state index in [1.807, 2.05) is 24.3 Å². The molecule has 1 aromatic carbocycles. The summed E-state index contributed by atoms with van der Waals surface area (Å²) >= 11 is 0. The molecular weight excluding hydrogens is 224 g/mol. The molecule has 3 atom stereocenters. The maximum Gasteiger partial charge on any atom is 0.102 e. The third kappa shape index (κ3) is 3.56. The van der Waals surface area contributed by atoms with Crippen LogP contribution in [0.2, 0.25) is 0 Å². The number of aryl methyl sites for hydroxylation is 1.